The van der Waals surface area contributed by atoms with E-state index in [0.717, 1.165) is 29.2 Å². The van der Waals surface area contributed by atoms with E-state index in [9.17, 15) is 18.8 Å². The number of amides is 2. The number of aliphatic carboxylic acids is 2. The lowest BCUT2D eigenvalue weighted by Crippen LogP contribution is -2.46. The first-order valence-electron chi connectivity index (χ1n) is 9.79. The van der Waals surface area contributed by atoms with Gasteiger partial charge in [0.15, 0.2) is 5.13 Å². The summed E-state index contributed by atoms with van der Waals surface area (Å²) in [6.07, 6.45) is 1.88. The zero-order chi connectivity index (χ0) is 22.6. The van der Waals surface area contributed by atoms with Gasteiger partial charge in [-0.25, -0.2) is 19.0 Å². The summed E-state index contributed by atoms with van der Waals surface area (Å²) in [7, 11) is 0. The normalized spacial score (nSPS) is 11.5. The van der Waals surface area contributed by atoms with E-state index in [2.05, 4.69) is 20.9 Å². The van der Waals surface area contributed by atoms with Crippen molar-refractivity contribution in [1.82, 2.24) is 15.6 Å². The van der Waals surface area contributed by atoms with Gasteiger partial charge in [-0.2, -0.15) is 0 Å². The highest BCUT2D eigenvalue weighted by atomic mass is 32.1. The van der Waals surface area contributed by atoms with Crippen LogP contribution in [0.15, 0.2) is 29.6 Å². The number of hydrogen-bond donors (Lipinski definition) is 5. The summed E-state index contributed by atoms with van der Waals surface area (Å²) in [4.78, 5) is 37.8. The van der Waals surface area contributed by atoms with E-state index in [1.807, 2.05) is 5.38 Å². The maximum absolute atomic E-state index is 13.0. The zero-order valence-corrected chi connectivity index (χ0v) is 17.6. The second kappa shape index (κ2) is 12.5. The number of unbranched alkanes of at least 4 members (excludes halogenated alkanes) is 2. The Morgan fingerprint density at radius 1 is 1.06 bits per heavy atom. The standard InChI is InChI=1S/C20H25FN4O5S/c21-14-6-4-13(5-7-14)16-12-31-20(25-16)23-11-3-1-2-10-22-19(30)24-15(18(28)29)8-9-17(26)27/h4-7,12,15H,1-3,8-11H2,(H,23,25)(H,26,27)(H,28,29)(H2,22,24,30)/t15-/m0/s1. The minimum atomic E-state index is -1.27. The van der Waals surface area contributed by atoms with Gasteiger partial charge in [0.1, 0.15) is 11.9 Å². The molecule has 2 rings (SSSR count). The number of carbonyl (C=O) groups is 3. The minimum absolute atomic E-state index is 0.177. The maximum Gasteiger partial charge on any atom is 0.326 e. The molecule has 2 amide bonds. The molecule has 168 valence electrons. The highest BCUT2D eigenvalue weighted by Crippen LogP contribution is 2.24. The van der Waals surface area contributed by atoms with Crippen LogP contribution < -0.4 is 16.0 Å². The average Bonchev–Trinajstić information content (AvgIpc) is 3.19. The van der Waals surface area contributed by atoms with E-state index in [4.69, 9.17) is 10.2 Å². The Balaban J connectivity index is 1.58. The third-order valence-electron chi connectivity index (χ3n) is 4.31. The molecule has 0 bridgehead atoms. The fourth-order valence-electron chi connectivity index (χ4n) is 2.67. The fraction of sp³-hybridized carbons (Fsp3) is 0.400. The van der Waals surface area contributed by atoms with Crippen molar-refractivity contribution >= 4 is 34.4 Å². The number of carbonyl (C=O) groups excluding carboxylic acids is 1. The lowest BCUT2D eigenvalue weighted by atomic mass is 10.1. The molecule has 0 aliphatic carbocycles. The number of halogens is 1. The van der Waals surface area contributed by atoms with Gasteiger partial charge >= 0.3 is 18.0 Å². The van der Waals surface area contributed by atoms with Crippen LogP contribution in [-0.2, 0) is 9.59 Å². The first kappa shape index (κ1) is 24.1. The van der Waals surface area contributed by atoms with E-state index in [1.165, 1.54) is 23.5 Å². The van der Waals surface area contributed by atoms with Crippen molar-refractivity contribution in [2.24, 2.45) is 0 Å². The van der Waals surface area contributed by atoms with E-state index in [1.54, 1.807) is 12.1 Å². The largest absolute Gasteiger partial charge is 0.481 e. The summed E-state index contributed by atoms with van der Waals surface area (Å²) in [6, 6.07) is 4.29. The highest BCUT2D eigenvalue weighted by molar-refractivity contribution is 7.14. The quantitative estimate of drug-likeness (QED) is 0.294. The number of carboxylic acid groups (broad SMARTS) is 2. The molecular formula is C20H25FN4O5S. The maximum atomic E-state index is 13.0. The summed E-state index contributed by atoms with van der Waals surface area (Å²) in [5, 5.41) is 28.4. The Kier molecular flexibility index (Phi) is 9.69. The van der Waals surface area contributed by atoms with Crippen LogP contribution in [-0.4, -0.2) is 52.3 Å². The lowest BCUT2D eigenvalue weighted by molar-refractivity contribution is -0.140. The number of aromatic nitrogens is 1. The van der Waals surface area contributed by atoms with Crippen molar-refractivity contribution in [3.63, 3.8) is 0 Å². The Bertz CT molecular complexity index is 875. The number of nitrogens with one attached hydrogen (secondary N) is 3. The molecule has 11 heteroatoms. The summed E-state index contributed by atoms with van der Waals surface area (Å²) in [5.74, 6) is -2.68. The molecule has 1 atom stereocenters. The molecule has 0 aliphatic heterocycles. The first-order chi connectivity index (χ1) is 14.8. The van der Waals surface area contributed by atoms with Crippen molar-refractivity contribution in [3.8, 4) is 11.3 Å². The van der Waals surface area contributed by atoms with E-state index in [-0.39, 0.29) is 18.7 Å². The fourth-order valence-corrected chi connectivity index (χ4v) is 3.42. The Hall–Kier alpha value is -3.21. The molecule has 0 unspecified atom stereocenters. The molecular weight excluding hydrogens is 427 g/mol. The van der Waals surface area contributed by atoms with E-state index in [0.29, 0.717) is 19.5 Å². The third-order valence-corrected chi connectivity index (χ3v) is 5.11. The Morgan fingerprint density at radius 3 is 2.45 bits per heavy atom. The molecule has 0 saturated heterocycles. The number of anilines is 1. The molecule has 31 heavy (non-hydrogen) atoms. The number of carboxylic acids is 2. The summed E-state index contributed by atoms with van der Waals surface area (Å²) in [6.45, 7) is 1.09. The van der Waals surface area contributed by atoms with Crippen molar-refractivity contribution in [2.45, 2.75) is 38.1 Å². The van der Waals surface area contributed by atoms with Crippen LogP contribution >= 0.6 is 11.3 Å². The predicted molar refractivity (Wildman–Crippen MR) is 115 cm³/mol. The van der Waals surface area contributed by atoms with Crippen LogP contribution in [0.25, 0.3) is 11.3 Å². The second-order valence-corrected chi connectivity index (χ2v) is 7.61. The zero-order valence-electron chi connectivity index (χ0n) is 16.8. The molecule has 0 radical (unpaired) electrons. The van der Waals surface area contributed by atoms with Crippen LogP contribution in [0.2, 0.25) is 0 Å². The van der Waals surface area contributed by atoms with Crippen molar-refractivity contribution < 1.29 is 29.0 Å². The number of urea groups is 1. The SMILES string of the molecule is O=C(O)CC[C@H](NC(=O)NCCCCCNc1nc(-c2ccc(F)cc2)cs1)C(=O)O. The van der Waals surface area contributed by atoms with E-state index >= 15 is 0 Å². The van der Waals surface area contributed by atoms with Crippen LogP contribution in [0, 0.1) is 5.82 Å². The minimum Gasteiger partial charge on any atom is -0.481 e. The third kappa shape index (κ3) is 8.99. The molecule has 2 aromatic rings. The number of thiazole rings is 1. The van der Waals surface area contributed by atoms with Gasteiger partial charge in [-0.05, 0) is 49.9 Å². The molecule has 0 aliphatic rings. The topological polar surface area (TPSA) is 141 Å². The Labute approximate surface area is 182 Å². The van der Waals surface area contributed by atoms with Crippen LogP contribution in [0.1, 0.15) is 32.1 Å². The van der Waals surface area contributed by atoms with Crippen molar-refractivity contribution in [1.29, 1.82) is 0 Å². The number of benzene rings is 1. The smallest absolute Gasteiger partial charge is 0.326 e. The van der Waals surface area contributed by atoms with Gasteiger partial charge in [0, 0.05) is 30.5 Å². The first-order valence-corrected chi connectivity index (χ1v) is 10.7. The van der Waals surface area contributed by atoms with Crippen LogP contribution in [0.5, 0.6) is 0 Å². The Morgan fingerprint density at radius 2 is 1.77 bits per heavy atom. The van der Waals surface area contributed by atoms with Gasteiger partial charge in [0.2, 0.25) is 0 Å². The predicted octanol–water partition coefficient (Wildman–Crippen LogP) is 3.15. The molecule has 5 N–H and O–H groups in total. The molecule has 1 aromatic carbocycles. The summed E-state index contributed by atoms with van der Waals surface area (Å²) in [5.41, 5.74) is 1.63. The number of rotatable bonds is 13. The monoisotopic (exact) mass is 452 g/mol. The van der Waals surface area contributed by atoms with Crippen molar-refractivity contribution in [3.05, 3.63) is 35.5 Å². The summed E-state index contributed by atoms with van der Waals surface area (Å²) < 4.78 is 13.0. The van der Waals surface area contributed by atoms with Gasteiger partial charge in [0.25, 0.3) is 0 Å². The average molecular weight is 453 g/mol. The van der Waals surface area contributed by atoms with Crippen LogP contribution in [0.3, 0.4) is 0 Å². The molecule has 1 aromatic heterocycles. The van der Waals surface area contributed by atoms with E-state index < -0.39 is 24.0 Å². The lowest BCUT2D eigenvalue weighted by Gasteiger charge is -2.14. The number of nitrogens with zero attached hydrogens (tertiary/aromatic N) is 1. The molecule has 0 fully saturated rings. The van der Waals surface area contributed by atoms with Gasteiger partial charge in [-0.3, -0.25) is 4.79 Å². The van der Waals surface area contributed by atoms with Crippen LogP contribution in [0.4, 0.5) is 14.3 Å². The molecule has 1 heterocycles. The van der Waals surface area contributed by atoms with Gasteiger partial charge in [-0.15, -0.1) is 11.3 Å². The number of hydrogen-bond acceptors (Lipinski definition) is 6. The molecule has 0 saturated carbocycles. The van der Waals surface area contributed by atoms with Crippen molar-refractivity contribution in [2.75, 3.05) is 18.4 Å². The second-order valence-electron chi connectivity index (χ2n) is 6.76. The van der Waals surface area contributed by atoms with Gasteiger partial charge < -0.3 is 26.2 Å². The highest BCUT2D eigenvalue weighted by Gasteiger charge is 2.20. The van der Waals surface area contributed by atoms with Gasteiger partial charge in [-0.1, -0.05) is 0 Å². The molecule has 0 spiro atoms. The van der Waals surface area contributed by atoms with Gasteiger partial charge in [0.05, 0.1) is 5.69 Å². The summed E-state index contributed by atoms with van der Waals surface area (Å²) >= 11 is 1.47. The molecule has 9 nitrogen and oxygen atoms in total.